The number of carbonyl (C=O) groups is 1. The van der Waals surface area contributed by atoms with Gasteiger partial charge < -0.3 is 10.6 Å². The number of hydrogen-bond acceptors (Lipinski definition) is 2. The zero-order valence-electron chi connectivity index (χ0n) is 11.6. The third kappa shape index (κ3) is 2.75. The van der Waals surface area contributed by atoms with E-state index in [9.17, 15) is 9.18 Å². The maximum atomic E-state index is 13.1. The van der Waals surface area contributed by atoms with Gasteiger partial charge >= 0.3 is 0 Å². The van der Waals surface area contributed by atoms with Gasteiger partial charge in [-0.25, -0.2) is 4.39 Å². The molecule has 3 rings (SSSR count). The van der Waals surface area contributed by atoms with Crippen LogP contribution in [-0.2, 0) is 0 Å². The van der Waals surface area contributed by atoms with E-state index in [0.717, 1.165) is 6.42 Å². The lowest BCUT2D eigenvalue weighted by Gasteiger charge is -2.18. The second-order valence-electron chi connectivity index (χ2n) is 5.38. The predicted molar refractivity (Wildman–Crippen MR) is 80.5 cm³/mol. The van der Waals surface area contributed by atoms with E-state index >= 15 is 0 Å². The number of hydrogen-bond donors (Lipinski definition) is 1. The number of rotatable bonds is 2. The molecule has 2 aromatic rings. The summed E-state index contributed by atoms with van der Waals surface area (Å²) in [6, 6.07) is 14.1. The summed E-state index contributed by atoms with van der Waals surface area (Å²) < 4.78 is 13.1. The standard InChI is InChI=1S/C17H17FN2O/c18-14-6-7-15(16(19)10-14)17(21)20-9-8-13(11-20)12-4-2-1-3-5-12/h1-7,10,13H,8-9,11,19H2. The number of likely N-dealkylation sites (tertiary alicyclic amines) is 1. The molecule has 1 aliphatic rings. The predicted octanol–water partition coefficient (Wildman–Crippen LogP) is 3.04. The van der Waals surface area contributed by atoms with E-state index in [0.29, 0.717) is 24.6 Å². The molecule has 0 radical (unpaired) electrons. The van der Waals surface area contributed by atoms with Crippen LogP contribution in [0.25, 0.3) is 0 Å². The Labute approximate surface area is 123 Å². The number of carbonyl (C=O) groups excluding carboxylic acids is 1. The van der Waals surface area contributed by atoms with Crippen molar-refractivity contribution in [2.75, 3.05) is 18.8 Å². The van der Waals surface area contributed by atoms with Crippen molar-refractivity contribution in [2.24, 2.45) is 0 Å². The first-order valence-corrected chi connectivity index (χ1v) is 7.04. The molecule has 1 amide bonds. The number of nitrogens with zero attached hydrogens (tertiary/aromatic N) is 1. The highest BCUT2D eigenvalue weighted by molar-refractivity contribution is 5.99. The lowest BCUT2D eigenvalue weighted by molar-refractivity contribution is 0.0792. The van der Waals surface area contributed by atoms with Crippen LogP contribution in [0.15, 0.2) is 48.5 Å². The maximum Gasteiger partial charge on any atom is 0.255 e. The highest BCUT2D eigenvalue weighted by Crippen LogP contribution is 2.28. The van der Waals surface area contributed by atoms with Crippen molar-refractivity contribution in [3.63, 3.8) is 0 Å². The Kier molecular flexibility index (Phi) is 3.60. The second kappa shape index (κ2) is 5.56. The van der Waals surface area contributed by atoms with Crippen LogP contribution < -0.4 is 5.73 Å². The lowest BCUT2D eigenvalue weighted by Crippen LogP contribution is -2.29. The molecule has 1 saturated heterocycles. The zero-order valence-corrected chi connectivity index (χ0v) is 11.6. The molecule has 1 unspecified atom stereocenters. The minimum Gasteiger partial charge on any atom is -0.398 e. The molecule has 0 saturated carbocycles. The van der Waals surface area contributed by atoms with E-state index in [-0.39, 0.29) is 11.6 Å². The topological polar surface area (TPSA) is 46.3 Å². The molecule has 0 aliphatic carbocycles. The van der Waals surface area contributed by atoms with E-state index in [1.165, 1.54) is 23.8 Å². The van der Waals surface area contributed by atoms with Crippen LogP contribution in [0.4, 0.5) is 10.1 Å². The number of halogens is 1. The molecule has 1 aliphatic heterocycles. The van der Waals surface area contributed by atoms with Crippen molar-refractivity contribution < 1.29 is 9.18 Å². The van der Waals surface area contributed by atoms with Gasteiger partial charge in [-0.05, 0) is 30.2 Å². The molecule has 108 valence electrons. The Morgan fingerprint density at radius 3 is 2.67 bits per heavy atom. The first-order valence-electron chi connectivity index (χ1n) is 7.04. The molecule has 1 heterocycles. The molecule has 0 spiro atoms. The molecule has 21 heavy (non-hydrogen) atoms. The summed E-state index contributed by atoms with van der Waals surface area (Å²) >= 11 is 0. The number of nitrogen functional groups attached to an aromatic ring is 1. The highest BCUT2D eigenvalue weighted by atomic mass is 19.1. The number of amides is 1. The van der Waals surface area contributed by atoms with Crippen LogP contribution >= 0.6 is 0 Å². The summed E-state index contributed by atoms with van der Waals surface area (Å²) in [7, 11) is 0. The fraction of sp³-hybridized carbons (Fsp3) is 0.235. The fourth-order valence-electron chi connectivity index (χ4n) is 2.84. The first kappa shape index (κ1) is 13.6. The highest BCUT2D eigenvalue weighted by Gasteiger charge is 2.28. The van der Waals surface area contributed by atoms with Gasteiger partial charge in [0, 0.05) is 24.7 Å². The Morgan fingerprint density at radius 1 is 1.19 bits per heavy atom. The average Bonchev–Trinajstić information content (AvgIpc) is 2.97. The average molecular weight is 284 g/mol. The third-order valence-corrected chi connectivity index (χ3v) is 3.99. The van der Waals surface area contributed by atoms with E-state index in [2.05, 4.69) is 12.1 Å². The van der Waals surface area contributed by atoms with Crippen LogP contribution in [0.5, 0.6) is 0 Å². The van der Waals surface area contributed by atoms with Crippen molar-refractivity contribution >= 4 is 11.6 Å². The summed E-state index contributed by atoms with van der Waals surface area (Å²) in [6.45, 7) is 1.38. The maximum absolute atomic E-state index is 13.1. The molecule has 3 nitrogen and oxygen atoms in total. The van der Waals surface area contributed by atoms with Crippen molar-refractivity contribution in [1.29, 1.82) is 0 Å². The van der Waals surface area contributed by atoms with Gasteiger partial charge in [0.2, 0.25) is 0 Å². The molecular weight excluding hydrogens is 267 g/mol. The molecule has 1 atom stereocenters. The molecule has 2 aromatic carbocycles. The molecule has 0 aromatic heterocycles. The van der Waals surface area contributed by atoms with Gasteiger partial charge in [0.15, 0.2) is 0 Å². The summed E-state index contributed by atoms with van der Waals surface area (Å²) in [6.07, 6.45) is 0.941. The van der Waals surface area contributed by atoms with Crippen molar-refractivity contribution in [1.82, 2.24) is 4.90 Å². The fourth-order valence-corrected chi connectivity index (χ4v) is 2.84. The van der Waals surface area contributed by atoms with E-state index < -0.39 is 5.82 Å². The second-order valence-corrected chi connectivity index (χ2v) is 5.38. The quantitative estimate of drug-likeness (QED) is 0.862. The van der Waals surface area contributed by atoms with Crippen molar-refractivity contribution in [2.45, 2.75) is 12.3 Å². The van der Waals surface area contributed by atoms with Crippen LogP contribution in [0.3, 0.4) is 0 Å². The first-order chi connectivity index (χ1) is 10.1. The summed E-state index contributed by atoms with van der Waals surface area (Å²) in [5.41, 5.74) is 7.58. The Bertz CT molecular complexity index is 657. The Hall–Kier alpha value is -2.36. The zero-order chi connectivity index (χ0) is 14.8. The minimum atomic E-state index is -0.423. The van der Waals surface area contributed by atoms with Gasteiger partial charge in [0.25, 0.3) is 5.91 Å². The van der Waals surface area contributed by atoms with Gasteiger partial charge in [-0.3, -0.25) is 4.79 Å². The van der Waals surface area contributed by atoms with Crippen molar-refractivity contribution in [3.8, 4) is 0 Å². The smallest absolute Gasteiger partial charge is 0.255 e. The van der Waals surface area contributed by atoms with Crippen LogP contribution in [-0.4, -0.2) is 23.9 Å². The van der Waals surface area contributed by atoms with E-state index in [1.54, 1.807) is 4.90 Å². The minimum absolute atomic E-state index is 0.120. The Morgan fingerprint density at radius 2 is 1.95 bits per heavy atom. The van der Waals surface area contributed by atoms with Gasteiger partial charge in [0.1, 0.15) is 5.82 Å². The van der Waals surface area contributed by atoms with Crippen molar-refractivity contribution in [3.05, 3.63) is 65.5 Å². The van der Waals surface area contributed by atoms with Crippen LogP contribution in [0.1, 0.15) is 28.3 Å². The van der Waals surface area contributed by atoms with Crippen LogP contribution in [0.2, 0.25) is 0 Å². The summed E-state index contributed by atoms with van der Waals surface area (Å²) in [4.78, 5) is 14.3. The summed E-state index contributed by atoms with van der Waals surface area (Å²) in [5.74, 6) is -0.185. The number of nitrogens with two attached hydrogens (primary N) is 1. The van der Waals surface area contributed by atoms with Gasteiger partial charge in [-0.15, -0.1) is 0 Å². The van der Waals surface area contributed by atoms with Gasteiger partial charge in [0.05, 0.1) is 5.56 Å². The monoisotopic (exact) mass is 284 g/mol. The molecule has 4 heteroatoms. The molecular formula is C17H17FN2O. The van der Waals surface area contributed by atoms with Gasteiger partial charge in [-0.2, -0.15) is 0 Å². The Balaban J connectivity index is 1.75. The third-order valence-electron chi connectivity index (χ3n) is 3.99. The lowest BCUT2D eigenvalue weighted by atomic mass is 9.99. The number of anilines is 1. The van der Waals surface area contributed by atoms with E-state index in [1.807, 2.05) is 18.2 Å². The molecule has 0 bridgehead atoms. The van der Waals surface area contributed by atoms with E-state index in [4.69, 9.17) is 5.73 Å². The van der Waals surface area contributed by atoms with Gasteiger partial charge in [-0.1, -0.05) is 30.3 Å². The number of benzene rings is 2. The summed E-state index contributed by atoms with van der Waals surface area (Å²) in [5, 5.41) is 0. The normalized spacial score (nSPS) is 18.0. The largest absolute Gasteiger partial charge is 0.398 e. The molecule has 2 N–H and O–H groups in total. The molecule has 1 fully saturated rings. The SMILES string of the molecule is Nc1cc(F)ccc1C(=O)N1CCC(c2ccccc2)C1. The van der Waals surface area contributed by atoms with Crippen LogP contribution in [0, 0.1) is 5.82 Å².